The lowest BCUT2D eigenvalue weighted by molar-refractivity contribution is -0.116. The monoisotopic (exact) mass is 529 g/mol. The predicted octanol–water partition coefficient (Wildman–Crippen LogP) is 5.76. The van der Waals surface area contributed by atoms with Gasteiger partial charge < -0.3 is 15.5 Å². The summed E-state index contributed by atoms with van der Waals surface area (Å²) in [4.78, 5) is 22.6. The average Bonchev–Trinajstić information content (AvgIpc) is 3.13. The van der Waals surface area contributed by atoms with Gasteiger partial charge in [-0.2, -0.15) is 0 Å². The molecule has 1 atom stereocenters. The number of amides is 1. The molecule has 2 aromatic carbocycles. The number of aryl methyl sites for hydroxylation is 1. The molecule has 2 aromatic rings. The molecule has 0 saturated carbocycles. The highest BCUT2D eigenvalue weighted by molar-refractivity contribution is 6.35. The molecule has 6 nitrogen and oxygen atoms in total. The van der Waals surface area contributed by atoms with Gasteiger partial charge in [-0.1, -0.05) is 42.1 Å². The van der Waals surface area contributed by atoms with Gasteiger partial charge in [0.05, 0.1) is 12.2 Å². The van der Waals surface area contributed by atoms with Crippen LogP contribution < -0.4 is 10.6 Å². The van der Waals surface area contributed by atoms with Gasteiger partial charge in [0, 0.05) is 47.8 Å². The topological polar surface area (TPSA) is 60.0 Å². The number of hydrogen-bond donors (Lipinski definition) is 2. The first-order valence-corrected chi connectivity index (χ1v) is 13.8. The summed E-state index contributed by atoms with van der Waals surface area (Å²) in [5.74, 6) is 1.09. The molecule has 2 heterocycles. The summed E-state index contributed by atoms with van der Waals surface area (Å²) in [6.45, 7) is 8.33. The molecule has 0 bridgehead atoms. The van der Waals surface area contributed by atoms with Crippen molar-refractivity contribution in [2.24, 2.45) is 4.99 Å². The summed E-state index contributed by atoms with van der Waals surface area (Å²) < 4.78 is 0. The highest BCUT2D eigenvalue weighted by Crippen LogP contribution is 2.23. The van der Waals surface area contributed by atoms with Crippen molar-refractivity contribution in [3.63, 3.8) is 0 Å². The molecule has 4 rings (SSSR count). The van der Waals surface area contributed by atoms with Gasteiger partial charge in [0.25, 0.3) is 0 Å². The second kappa shape index (κ2) is 13.4. The Morgan fingerprint density at radius 2 is 1.81 bits per heavy atom. The number of carbonyl (C=O) groups is 1. The van der Waals surface area contributed by atoms with E-state index in [1.54, 1.807) is 12.1 Å². The van der Waals surface area contributed by atoms with E-state index in [1.165, 1.54) is 25.7 Å². The van der Waals surface area contributed by atoms with Crippen LogP contribution in [0.2, 0.25) is 10.0 Å². The molecule has 1 amide bonds. The first-order chi connectivity index (χ1) is 17.5. The van der Waals surface area contributed by atoms with E-state index >= 15 is 0 Å². The first-order valence-electron chi connectivity index (χ1n) is 13.1. The quantitative estimate of drug-likeness (QED) is 0.353. The number of nitrogens with one attached hydrogen (secondary N) is 2. The van der Waals surface area contributed by atoms with Crippen molar-refractivity contribution in [3.05, 3.63) is 58.1 Å². The Balaban J connectivity index is 1.38. The molecular weight excluding hydrogens is 493 g/mol. The van der Waals surface area contributed by atoms with E-state index in [9.17, 15) is 4.79 Å². The Labute approximate surface area is 225 Å². The molecule has 2 aliphatic heterocycles. The number of nitrogens with zero attached hydrogens (tertiary/aromatic N) is 3. The third kappa shape index (κ3) is 8.20. The third-order valence-electron chi connectivity index (χ3n) is 6.84. The number of aliphatic imine (C=N–C) groups is 1. The molecule has 36 heavy (non-hydrogen) atoms. The van der Waals surface area contributed by atoms with Gasteiger partial charge >= 0.3 is 0 Å². The van der Waals surface area contributed by atoms with E-state index in [4.69, 9.17) is 28.2 Å². The molecule has 0 unspecified atom stereocenters. The molecule has 2 fully saturated rings. The van der Waals surface area contributed by atoms with Crippen LogP contribution in [0.15, 0.2) is 47.5 Å². The van der Waals surface area contributed by atoms with E-state index in [0.717, 1.165) is 62.0 Å². The van der Waals surface area contributed by atoms with Gasteiger partial charge in [0.1, 0.15) is 5.84 Å². The molecule has 2 aliphatic rings. The molecular formula is C28H37Cl2N5O. The lowest BCUT2D eigenvalue weighted by atomic mass is 10.1. The molecule has 8 heteroatoms. The van der Waals surface area contributed by atoms with Crippen molar-refractivity contribution < 1.29 is 4.79 Å². The zero-order valence-corrected chi connectivity index (χ0v) is 22.6. The zero-order chi connectivity index (χ0) is 25.3. The fraction of sp³-hybridized carbons (Fsp3) is 0.500. The summed E-state index contributed by atoms with van der Waals surface area (Å²) in [6, 6.07) is 13.6. The van der Waals surface area contributed by atoms with Gasteiger partial charge in [-0.3, -0.25) is 9.69 Å². The second-order valence-corrected chi connectivity index (χ2v) is 10.7. The van der Waals surface area contributed by atoms with Crippen LogP contribution in [0.5, 0.6) is 0 Å². The maximum absolute atomic E-state index is 12.5. The van der Waals surface area contributed by atoms with Crippen molar-refractivity contribution in [1.29, 1.82) is 0 Å². The standard InChI is InChI=1S/C28H37Cl2N5O/c1-21-19-35(17-14-31-21)27(20-34-15-4-2-3-5-16-34)32-24-9-11-25(12-10-24)33-28(36)13-7-22-6-8-23(29)18-26(22)30/h6,8-12,18,21,31H,2-5,7,13-17,19-20H2,1H3,(H,33,36)/t21-/m0/s1. The van der Waals surface area contributed by atoms with E-state index in [1.807, 2.05) is 30.3 Å². The van der Waals surface area contributed by atoms with Gasteiger partial charge in [0.15, 0.2) is 0 Å². The van der Waals surface area contributed by atoms with Gasteiger partial charge in [-0.15, -0.1) is 0 Å². The number of amidine groups is 1. The van der Waals surface area contributed by atoms with Crippen LogP contribution in [-0.2, 0) is 11.2 Å². The van der Waals surface area contributed by atoms with E-state index in [-0.39, 0.29) is 5.91 Å². The van der Waals surface area contributed by atoms with Crippen LogP contribution >= 0.6 is 23.2 Å². The molecule has 0 radical (unpaired) electrons. The molecule has 2 saturated heterocycles. The SMILES string of the molecule is C[C@H]1CN(C(CN2CCCCCC2)=Nc2ccc(NC(=O)CCc3ccc(Cl)cc3Cl)cc2)CCN1. The van der Waals surface area contributed by atoms with Crippen LogP contribution in [0, 0.1) is 0 Å². The molecule has 194 valence electrons. The summed E-state index contributed by atoms with van der Waals surface area (Å²) in [5.41, 5.74) is 2.60. The van der Waals surface area contributed by atoms with Crippen LogP contribution in [0.1, 0.15) is 44.6 Å². The Hall–Kier alpha value is -2.12. The van der Waals surface area contributed by atoms with Crippen molar-refractivity contribution in [1.82, 2.24) is 15.1 Å². The molecule has 0 aromatic heterocycles. The first kappa shape index (κ1) is 26.9. The Kier molecular flexibility index (Phi) is 10.0. The predicted molar refractivity (Wildman–Crippen MR) is 151 cm³/mol. The number of hydrogen-bond acceptors (Lipinski definition) is 4. The highest BCUT2D eigenvalue weighted by Gasteiger charge is 2.21. The lowest BCUT2D eigenvalue weighted by Gasteiger charge is -2.36. The number of anilines is 1. The largest absolute Gasteiger partial charge is 0.356 e. The van der Waals surface area contributed by atoms with E-state index < -0.39 is 0 Å². The fourth-order valence-electron chi connectivity index (χ4n) is 4.83. The number of piperazine rings is 1. The van der Waals surface area contributed by atoms with Crippen molar-refractivity contribution >= 4 is 46.3 Å². The molecule has 0 aliphatic carbocycles. The third-order valence-corrected chi connectivity index (χ3v) is 7.43. The Morgan fingerprint density at radius 1 is 1.06 bits per heavy atom. The van der Waals surface area contributed by atoms with Gasteiger partial charge in [-0.25, -0.2) is 4.99 Å². The number of benzene rings is 2. The summed E-state index contributed by atoms with van der Waals surface area (Å²) in [6.07, 6.45) is 6.10. The van der Waals surface area contributed by atoms with Crippen molar-refractivity contribution in [3.8, 4) is 0 Å². The molecule has 2 N–H and O–H groups in total. The Morgan fingerprint density at radius 3 is 2.50 bits per heavy atom. The van der Waals surface area contributed by atoms with Crippen LogP contribution in [-0.4, -0.2) is 66.9 Å². The minimum absolute atomic E-state index is 0.0473. The normalized spacial score (nSPS) is 19.7. The highest BCUT2D eigenvalue weighted by atomic mass is 35.5. The van der Waals surface area contributed by atoms with E-state index in [0.29, 0.717) is 28.9 Å². The number of rotatable bonds is 7. The van der Waals surface area contributed by atoms with Crippen molar-refractivity contribution in [2.45, 2.75) is 51.5 Å². The average molecular weight is 531 g/mol. The number of halogens is 2. The maximum Gasteiger partial charge on any atom is 0.224 e. The summed E-state index contributed by atoms with van der Waals surface area (Å²) >= 11 is 12.2. The van der Waals surface area contributed by atoms with Crippen LogP contribution in [0.4, 0.5) is 11.4 Å². The number of likely N-dealkylation sites (tertiary alicyclic amines) is 1. The second-order valence-electron chi connectivity index (χ2n) is 9.85. The maximum atomic E-state index is 12.5. The molecule has 0 spiro atoms. The van der Waals surface area contributed by atoms with E-state index in [2.05, 4.69) is 27.4 Å². The zero-order valence-electron chi connectivity index (χ0n) is 21.1. The summed E-state index contributed by atoms with van der Waals surface area (Å²) in [5, 5.41) is 7.70. The van der Waals surface area contributed by atoms with Gasteiger partial charge in [-0.05, 0) is 81.2 Å². The lowest BCUT2D eigenvalue weighted by Crippen LogP contribution is -2.53. The minimum atomic E-state index is -0.0473. The van der Waals surface area contributed by atoms with Crippen LogP contribution in [0.25, 0.3) is 0 Å². The van der Waals surface area contributed by atoms with Gasteiger partial charge in [0.2, 0.25) is 5.91 Å². The minimum Gasteiger partial charge on any atom is -0.356 e. The summed E-state index contributed by atoms with van der Waals surface area (Å²) in [7, 11) is 0. The fourth-order valence-corrected chi connectivity index (χ4v) is 5.33. The Bertz CT molecular complexity index is 1030. The van der Waals surface area contributed by atoms with Crippen molar-refractivity contribution in [2.75, 3.05) is 44.6 Å². The smallest absolute Gasteiger partial charge is 0.224 e. The van der Waals surface area contributed by atoms with Crippen LogP contribution in [0.3, 0.4) is 0 Å². The number of carbonyl (C=O) groups excluding carboxylic acids is 1.